The van der Waals surface area contributed by atoms with Gasteiger partial charge in [0, 0.05) is 20.8 Å². The van der Waals surface area contributed by atoms with Crippen LogP contribution in [0.5, 0.6) is 0 Å². The number of carbonyl (C=O) groups excluding carboxylic acids is 1. The summed E-state index contributed by atoms with van der Waals surface area (Å²) in [5, 5.41) is 2.62. The molecule has 0 bridgehead atoms. The first kappa shape index (κ1) is 13.4. The Morgan fingerprint density at radius 2 is 2.00 bits per heavy atom. The van der Waals surface area contributed by atoms with Crippen LogP contribution in [0.2, 0.25) is 6.04 Å². The number of amides is 1. The van der Waals surface area contributed by atoms with Gasteiger partial charge < -0.3 is 19.5 Å². The number of alkyl carbamates (subject to hydrolysis) is 1. The molecule has 84 valence electrons. The van der Waals surface area contributed by atoms with Crippen molar-refractivity contribution in [3.63, 3.8) is 0 Å². The first-order valence-electron chi connectivity index (χ1n) is 4.62. The van der Waals surface area contributed by atoms with Crippen LogP contribution in [0.15, 0.2) is 0 Å². The average molecular weight is 221 g/mol. The summed E-state index contributed by atoms with van der Waals surface area (Å²) in [5.74, 6) is -0.00636. The lowest BCUT2D eigenvalue weighted by Gasteiger charge is -2.12. The Morgan fingerprint density at radius 1 is 1.36 bits per heavy atom. The van der Waals surface area contributed by atoms with Gasteiger partial charge in [-0.2, -0.15) is 0 Å². The zero-order valence-electron chi connectivity index (χ0n) is 9.04. The van der Waals surface area contributed by atoms with Crippen molar-refractivity contribution < 1.29 is 19.0 Å². The summed E-state index contributed by atoms with van der Waals surface area (Å²) < 4.78 is 14.6. The topological polar surface area (TPSA) is 56.8 Å². The minimum Gasteiger partial charge on any atom is -0.453 e. The first-order chi connectivity index (χ1) is 6.74. The molecule has 1 amide bonds. The molecular formula is C8H19NO4Si. The summed E-state index contributed by atoms with van der Waals surface area (Å²) in [5.41, 5.74) is 0. The number of ether oxygens (including phenoxy) is 3. The van der Waals surface area contributed by atoms with E-state index in [9.17, 15) is 4.79 Å². The van der Waals surface area contributed by atoms with E-state index in [0.717, 1.165) is 12.5 Å². The standard InChI is InChI=1S/C8H19NO4Si/c1-11-7(10)9-5-4-6-14-8(12-2)13-3/h8H,4-6,14H2,1-3H3,(H,9,10). The number of hydrogen-bond acceptors (Lipinski definition) is 4. The molecule has 0 saturated carbocycles. The molecule has 0 aromatic carbocycles. The predicted octanol–water partition coefficient (Wildman–Crippen LogP) is -0.104. The van der Waals surface area contributed by atoms with E-state index in [-0.39, 0.29) is 21.5 Å². The maximum Gasteiger partial charge on any atom is 0.406 e. The predicted molar refractivity (Wildman–Crippen MR) is 56.2 cm³/mol. The second-order valence-corrected chi connectivity index (χ2v) is 4.77. The van der Waals surface area contributed by atoms with Crippen molar-refractivity contribution in [2.24, 2.45) is 0 Å². The molecule has 6 heteroatoms. The van der Waals surface area contributed by atoms with Crippen LogP contribution in [0.4, 0.5) is 4.79 Å². The molecule has 5 nitrogen and oxygen atoms in total. The van der Waals surface area contributed by atoms with Crippen LogP contribution in [0.25, 0.3) is 0 Å². The largest absolute Gasteiger partial charge is 0.453 e. The molecule has 0 spiro atoms. The summed E-state index contributed by atoms with van der Waals surface area (Å²) in [7, 11) is 4.29. The van der Waals surface area contributed by atoms with Gasteiger partial charge in [0.05, 0.1) is 16.6 Å². The number of hydrogen-bond donors (Lipinski definition) is 1. The Morgan fingerprint density at radius 3 is 2.50 bits per heavy atom. The summed E-state index contributed by atoms with van der Waals surface area (Å²) in [4.78, 5) is 10.6. The summed E-state index contributed by atoms with van der Waals surface area (Å²) >= 11 is 0. The molecule has 0 aromatic heterocycles. The van der Waals surface area contributed by atoms with Gasteiger partial charge in [-0.3, -0.25) is 0 Å². The van der Waals surface area contributed by atoms with Crippen molar-refractivity contribution in [1.29, 1.82) is 0 Å². The molecule has 0 aromatic rings. The van der Waals surface area contributed by atoms with Gasteiger partial charge in [0.1, 0.15) is 5.91 Å². The van der Waals surface area contributed by atoms with Crippen LogP contribution in [-0.4, -0.2) is 49.4 Å². The number of rotatable bonds is 7. The smallest absolute Gasteiger partial charge is 0.406 e. The van der Waals surface area contributed by atoms with E-state index in [2.05, 4.69) is 10.1 Å². The zero-order chi connectivity index (χ0) is 10.8. The number of carbonyl (C=O) groups is 1. The van der Waals surface area contributed by atoms with Gasteiger partial charge in [-0.25, -0.2) is 4.79 Å². The molecule has 0 aliphatic rings. The van der Waals surface area contributed by atoms with Crippen molar-refractivity contribution >= 4 is 15.6 Å². The van der Waals surface area contributed by atoms with Gasteiger partial charge in [-0.1, -0.05) is 6.04 Å². The van der Waals surface area contributed by atoms with Crippen LogP contribution in [0, 0.1) is 0 Å². The SMILES string of the molecule is COC(=O)NCCC[SiH2]C(OC)OC. The van der Waals surface area contributed by atoms with Gasteiger partial charge in [0.2, 0.25) is 0 Å². The van der Waals surface area contributed by atoms with Gasteiger partial charge in [-0.15, -0.1) is 0 Å². The van der Waals surface area contributed by atoms with E-state index in [1.807, 2.05) is 0 Å². The van der Waals surface area contributed by atoms with E-state index in [1.54, 1.807) is 14.2 Å². The van der Waals surface area contributed by atoms with Gasteiger partial charge in [0.25, 0.3) is 0 Å². The highest BCUT2D eigenvalue weighted by Crippen LogP contribution is 1.95. The average Bonchev–Trinajstić information content (AvgIpc) is 2.23. The fourth-order valence-electron chi connectivity index (χ4n) is 1.03. The zero-order valence-corrected chi connectivity index (χ0v) is 10.5. The summed E-state index contributed by atoms with van der Waals surface area (Å²) in [6, 6.07) is 1.08. The van der Waals surface area contributed by atoms with Crippen molar-refractivity contribution in [1.82, 2.24) is 5.32 Å². The van der Waals surface area contributed by atoms with Gasteiger partial charge in [-0.05, 0) is 6.42 Å². The molecule has 0 fully saturated rings. The fourth-order valence-corrected chi connectivity index (χ4v) is 2.37. The summed E-state index contributed by atoms with van der Waals surface area (Å²) in [6.07, 6.45) is 0.576. The van der Waals surface area contributed by atoms with E-state index in [0.29, 0.717) is 6.54 Å². The molecule has 0 saturated heterocycles. The Kier molecular flexibility index (Phi) is 8.60. The summed E-state index contributed by atoms with van der Waals surface area (Å²) in [6.45, 7) is 0.653. The quantitative estimate of drug-likeness (QED) is 0.370. The van der Waals surface area contributed by atoms with Gasteiger partial charge in [0.15, 0.2) is 0 Å². The van der Waals surface area contributed by atoms with E-state index in [1.165, 1.54) is 7.11 Å². The lowest BCUT2D eigenvalue weighted by molar-refractivity contribution is -0.0441. The lowest BCUT2D eigenvalue weighted by atomic mass is 10.5. The Hall–Kier alpha value is -0.593. The second kappa shape index (κ2) is 8.98. The van der Waals surface area contributed by atoms with Crippen molar-refractivity contribution in [2.45, 2.75) is 18.4 Å². The molecule has 0 atom stereocenters. The lowest BCUT2D eigenvalue weighted by Crippen LogP contribution is -2.26. The van der Waals surface area contributed by atoms with Crippen LogP contribution in [-0.2, 0) is 14.2 Å². The van der Waals surface area contributed by atoms with Gasteiger partial charge >= 0.3 is 6.09 Å². The molecule has 0 heterocycles. The second-order valence-electron chi connectivity index (χ2n) is 2.82. The molecule has 1 N–H and O–H groups in total. The Labute approximate surface area is 86.9 Å². The monoisotopic (exact) mass is 221 g/mol. The van der Waals surface area contributed by atoms with Crippen LogP contribution < -0.4 is 5.32 Å². The maximum atomic E-state index is 10.6. The highest BCUT2D eigenvalue weighted by Gasteiger charge is 2.04. The normalized spacial score (nSPS) is 11.1. The highest BCUT2D eigenvalue weighted by atomic mass is 28.2. The molecule has 14 heavy (non-hydrogen) atoms. The van der Waals surface area contributed by atoms with Crippen LogP contribution in [0.3, 0.4) is 0 Å². The Balaban J connectivity index is 3.24. The van der Waals surface area contributed by atoms with Crippen LogP contribution >= 0.6 is 0 Å². The minimum absolute atomic E-state index is 0.00636. The highest BCUT2D eigenvalue weighted by molar-refractivity contribution is 6.36. The number of nitrogens with one attached hydrogen (secondary N) is 1. The molecule has 0 radical (unpaired) electrons. The number of methoxy groups -OCH3 is 3. The van der Waals surface area contributed by atoms with Crippen molar-refractivity contribution in [3.8, 4) is 0 Å². The molecule has 0 rings (SSSR count). The Bertz CT molecular complexity index is 152. The van der Waals surface area contributed by atoms with Crippen LogP contribution in [0.1, 0.15) is 6.42 Å². The molecule has 0 unspecified atom stereocenters. The minimum atomic E-state index is -0.373. The molecule has 0 aliphatic heterocycles. The van der Waals surface area contributed by atoms with E-state index < -0.39 is 0 Å². The first-order valence-corrected chi connectivity index (χ1v) is 6.43. The third-order valence-electron chi connectivity index (χ3n) is 1.85. The third kappa shape index (κ3) is 6.87. The van der Waals surface area contributed by atoms with Crippen molar-refractivity contribution in [3.05, 3.63) is 0 Å². The molecular weight excluding hydrogens is 202 g/mol. The fraction of sp³-hybridized carbons (Fsp3) is 0.875. The van der Waals surface area contributed by atoms with E-state index >= 15 is 0 Å². The third-order valence-corrected chi connectivity index (χ3v) is 3.89. The molecule has 0 aliphatic carbocycles. The van der Waals surface area contributed by atoms with Crippen molar-refractivity contribution in [2.75, 3.05) is 27.9 Å². The van der Waals surface area contributed by atoms with E-state index in [4.69, 9.17) is 9.47 Å². The maximum absolute atomic E-state index is 10.6.